The molecule has 0 aromatic carbocycles. The minimum Gasteiger partial charge on any atom is -0.479 e. The second-order valence-corrected chi connectivity index (χ2v) is 3.32. The van der Waals surface area contributed by atoms with Crippen LogP contribution in [0.25, 0.3) is 0 Å². The zero-order valence-corrected chi connectivity index (χ0v) is 7.71. The van der Waals surface area contributed by atoms with E-state index in [1.807, 2.05) is 4.68 Å². The normalized spacial score (nSPS) is 16.9. The van der Waals surface area contributed by atoms with Gasteiger partial charge in [0.05, 0.1) is 13.2 Å². The molecule has 0 N–H and O–H groups in total. The maximum atomic E-state index is 5.11. The fourth-order valence-corrected chi connectivity index (χ4v) is 1.42. The average Bonchev–Trinajstić information content (AvgIpc) is 2.76. The van der Waals surface area contributed by atoms with Gasteiger partial charge in [-0.1, -0.05) is 5.21 Å². The molecule has 0 bridgehead atoms. The molecule has 1 aliphatic rings. The van der Waals surface area contributed by atoms with Crippen molar-refractivity contribution in [3.8, 4) is 5.88 Å². The topological polar surface area (TPSA) is 39.9 Å². The fraction of sp³-hybridized carbons (Fsp3) is 0.667. The van der Waals surface area contributed by atoms with Gasteiger partial charge in [-0.3, -0.25) is 0 Å². The molecule has 0 atom stereocenters. The highest BCUT2D eigenvalue weighted by Crippen LogP contribution is 2.38. The Bertz CT molecular complexity index is 269. The molecule has 60 valence electrons. The van der Waals surface area contributed by atoms with Gasteiger partial charge in [-0.15, -0.1) is 5.10 Å². The van der Waals surface area contributed by atoms with Gasteiger partial charge < -0.3 is 4.74 Å². The number of halogens is 1. The number of aromatic nitrogens is 3. The molecule has 0 saturated heterocycles. The Morgan fingerprint density at radius 2 is 2.36 bits per heavy atom. The second kappa shape index (κ2) is 2.48. The summed E-state index contributed by atoms with van der Waals surface area (Å²) in [4.78, 5) is 0. The van der Waals surface area contributed by atoms with E-state index in [1.54, 1.807) is 7.11 Å². The average molecular weight is 218 g/mol. The quantitative estimate of drug-likeness (QED) is 0.752. The summed E-state index contributed by atoms with van der Waals surface area (Å²) in [7, 11) is 1.63. The standard InChI is InChI=1S/C6H8BrN3O/c1-11-6-5(7)8-9-10(6)4-2-3-4/h4H,2-3H2,1H3. The maximum Gasteiger partial charge on any atom is 0.247 e. The summed E-state index contributed by atoms with van der Waals surface area (Å²) >= 11 is 3.25. The van der Waals surface area contributed by atoms with E-state index in [9.17, 15) is 0 Å². The van der Waals surface area contributed by atoms with Crippen LogP contribution in [0.15, 0.2) is 4.60 Å². The number of rotatable bonds is 2. The molecule has 2 rings (SSSR count). The number of nitrogens with zero attached hydrogens (tertiary/aromatic N) is 3. The van der Waals surface area contributed by atoms with E-state index in [2.05, 4.69) is 26.2 Å². The molecule has 0 amide bonds. The van der Waals surface area contributed by atoms with E-state index < -0.39 is 0 Å². The zero-order chi connectivity index (χ0) is 7.84. The molecule has 0 unspecified atom stereocenters. The van der Waals surface area contributed by atoms with Gasteiger partial charge in [0.15, 0.2) is 4.60 Å². The highest BCUT2D eigenvalue weighted by molar-refractivity contribution is 9.10. The lowest BCUT2D eigenvalue weighted by molar-refractivity contribution is 0.358. The Kier molecular flexibility index (Phi) is 1.60. The largest absolute Gasteiger partial charge is 0.479 e. The van der Waals surface area contributed by atoms with Crippen LogP contribution in [0.2, 0.25) is 0 Å². The van der Waals surface area contributed by atoms with E-state index in [1.165, 1.54) is 12.8 Å². The SMILES string of the molecule is COc1c(Br)nnn1C1CC1. The van der Waals surface area contributed by atoms with Crippen LogP contribution in [-0.2, 0) is 0 Å². The van der Waals surface area contributed by atoms with Crippen molar-refractivity contribution in [2.75, 3.05) is 7.11 Å². The molecule has 1 heterocycles. The molecule has 0 aliphatic heterocycles. The van der Waals surface area contributed by atoms with Crippen LogP contribution >= 0.6 is 15.9 Å². The van der Waals surface area contributed by atoms with Gasteiger partial charge >= 0.3 is 0 Å². The third kappa shape index (κ3) is 1.13. The van der Waals surface area contributed by atoms with Crippen LogP contribution < -0.4 is 4.74 Å². The van der Waals surface area contributed by atoms with E-state index in [0.29, 0.717) is 10.6 Å². The fourth-order valence-electron chi connectivity index (χ4n) is 1.00. The first kappa shape index (κ1) is 7.09. The van der Waals surface area contributed by atoms with Crippen molar-refractivity contribution in [1.29, 1.82) is 0 Å². The highest BCUT2D eigenvalue weighted by Gasteiger charge is 2.28. The Labute approximate surface area is 72.7 Å². The molecule has 1 saturated carbocycles. The van der Waals surface area contributed by atoms with Crippen molar-refractivity contribution in [2.45, 2.75) is 18.9 Å². The molecular weight excluding hydrogens is 210 g/mol. The van der Waals surface area contributed by atoms with Crippen LogP contribution in [0.1, 0.15) is 18.9 Å². The van der Waals surface area contributed by atoms with Crippen molar-refractivity contribution in [2.24, 2.45) is 0 Å². The van der Waals surface area contributed by atoms with Crippen molar-refractivity contribution in [3.63, 3.8) is 0 Å². The summed E-state index contributed by atoms with van der Waals surface area (Å²) in [5, 5.41) is 7.80. The summed E-state index contributed by atoms with van der Waals surface area (Å²) in [6, 6.07) is 0.517. The van der Waals surface area contributed by atoms with Crippen LogP contribution in [0.4, 0.5) is 0 Å². The van der Waals surface area contributed by atoms with Gasteiger partial charge in [0, 0.05) is 0 Å². The molecular formula is C6H8BrN3O. The van der Waals surface area contributed by atoms with Gasteiger partial charge in [0.1, 0.15) is 0 Å². The van der Waals surface area contributed by atoms with Gasteiger partial charge in [0.2, 0.25) is 5.88 Å². The van der Waals surface area contributed by atoms with Crippen molar-refractivity contribution >= 4 is 15.9 Å². The van der Waals surface area contributed by atoms with Crippen LogP contribution in [0, 0.1) is 0 Å². The second-order valence-electron chi connectivity index (χ2n) is 2.57. The summed E-state index contributed by atoms with van der Waals surface area (Å²) in [6.07, 6.45) is 2.37. The molecule has 5 heteroatoms. The minimum absolute atomic E-state index is 0.517. The molecule has 0 radical (unpaired) electrons. The lowest BCUT2D eigenvalue weighted by atomic mass is 10.7. The van der Waals surface area contributed by atoms with Crippen molar-refractivity contribution in [1.82, 2.24) is 15.0 Å². The maximum absolute atomic E-state index is 5.11. The van der Waals surface area contributed by atoms with Gasteiger partial charge in [0.25, 0.3) is 0 Å². The zero-order valence-electron chi connectivity index (χ0n) is 6.12. The third-order valence-corrected chi connectivity index (χ3v) is 2.20. The van der Waals surface area contributed by atoms with Crippen LogP contribution in [0.3, 0.4) is 0 Å². The lowest BCUT2D eigenvalue weighted by Crippen LogP contribution is -1.99. The molecule has 0 spiro atoms. The minimum atomic E-state index is 0.517. The van der Waals surface area contributed by atoms with Crippen molar-refractivity contribution in [3.05, 3.63) is 4.60 Å². The summed E-state index contributed by atoms with van der Waals surface area (Å²) in [5.41, 5.74) is 0. The van der Waals surface area contributed by atoms with E-state index in [-0.39, 0.29) is 0 Å². The Morgan fingerprint density at radius 1 is 1.64 bits per heavy atom. The first-order valence-electron chi connectivity index (χ1n) is 3.47. The molecule has 11 heavy (non-hydrogen) atoms. The lowest BCUT2D eigenvalue weighted by Gasteiger charge is -2.01. The number of methoxy groups -OCH3 is 1. The molecule has 1 aliphatic carbocycles. The third-order valence-electron chi connectivity index (χ3n) is 1.70. The highest BCUT2D eigenvalue weighted by atomic mass is 79.9. The van der Waals surface area contributed by atoms with Gasteiger partial charge in [-0.2, -0.15) is 0 Å². The van der Waals surface area contributed by atoms with Gasteiger partial charge in [-0.05, 0) is 28.8 Å². The summed E-state index contributed by atoms with van der Waals surface area (Å²) in [6.45, 7) is 0. The molecule has 1 aromatic rings. The summed E-state index contributed by atoms with van der Waals surface area (Å²) < 4.78 is 7.62. The Balaban J connectivity index is 2.36. The molecule has 1 aromatic heterocycles. The summed E-state index contributed by atoms with van der Waals surface area (Å²) in [5.74, 6) is 0.729. The first-order chi connectivity index (χ1) is 5.33. The Hall–Kier alpha value is -0.580. The van der Waals surface area contributed by atoms with Crippen LogP contribution in [-0.4, -0.2) is 22.1 Å². The molecule has 4 nitrogen and oxygen atoms in total. The monoisotopic (exact) mass is 217 g/mol. The Morgan fingerprint density at radius 3 is 2.91 bits per heavy atom. The first-order valence-corrected chi connectivity index (χ1v) is 4.27. The van der Waals surface area contributed by atoms with E-state index >= 15 is 0 Å². The molecule has 1 fully saturated rings. The predicted octanol–water partition coefficient (Wildman–Crippen LogP) is 1.38. The van der Waals surface area contributed by atoms with Crippen LogP contribution in [0.5, 0.6) is 5.88 Å². The van der Waals surface area contributed by atoms with Crippen molar-refractivity contribution < 1.29 is 4.74 Å². The van der Waals surface area contributed by atoms with E-state index in [0.717, 1.165) is 5.88 Å². The smallest absolute Gasteiger partial charge is 0.247 e. The predicted molar refractivity (Wildman–Crippen MR) is 42.5 cm³/mol. The number of hydrogen-bond acceptors (Lipinski definition) is 3. The number of hydrogen-bond donors (Lipinski definition) is 0. The number of ether oxygens (including phenoxy) is 1. The van der Waals surface area contributed by atoms with E-state index in [4.69, 9.17) is 4.74 Å². The van der Waals surface area contributed by atoms with Gasteiger partial charge in [-0.25, -0.2) is 4.68 Å².